The van der Waals surface area contributed by atoms with Crippen molar-refractivity contribution in [2.45, 2.75) is 41.3 Å². The molecule has 1 aliphatic heterocycles. The molecule has 4 aromatic carbocycles. The Kier molecular flexibility index (Phi) is 10.5. The molecule has 1 heterocycles. The average molecular weight is 608 g/mol. The number of carbonyl (C=O) groups excluding carboxylic acids is 1. The van der Waals surface area contributed by atoms with E-state index in [0.29, 0.717) is 31.2 Å². The van der Waals surface area contributed by atoms with Crippen molar-refractivity contribution < 1.29 is 19.4 Å². The minimum Gasteiger partial charge on any atom is -0.494 e. The van der Waals surface area contributed by atoms with E-state index in [2.05, 4.69) is 27.5 Å². The summed E-state index contributed by atoms with van der Waals surface area (Å²) in [6, 6.07) is 33.0. The molecule has 0 saturated carbocycles. The highest BCUT2D eigenvalue weighted by Gasteiger charge is 2.44. The second kappa shape index (κ2) is 15.1. The minimum absolute atomic E-state index is 0.0547. The number of aliphatic hydroxyl groups is 1. The number of amides is 1. The van der Waals surface area contributed by atoms with Gasteiger partial charge in [-0.2, -0.15) is 0 Å². The molecule has 10 heteroatoms. The van der Waals surface area contributed by atoms with E-state index in [0.717, 1.165) is 32.0 Å². The van der Waals surface area contributed by atoms with Gasteiger partial charge in [0.15, 0.2) is 5.54 Å². The standard InChI is InChI=1S/C34H33N5O4S/c35-39-37-23-27-10-5-4-9-26(27)21-34(24-43-32(38-34)25-15-17-29(18-16-25)42-20-8-19-40)33(41)36-22-28-11-6-7-14-31(28)44-30-12-2-1-3-13-30/h1-7,9-18,40H,8,19-24H2,(H,36,41)/t34-/m1/s1. The summed E-state index contributed by atoms with van der Waals surface area (Å²) in [5.41, 5.74) is 11.1. The van der Waals surface area contributed by atoms with Gasteiger partial charge in [0.2, 0.25) is 5.90 Å². The van der Waals surface area contributed by atoms with Crippen molar-refractivity contribution in [1.29, 1.82) is 0 Å². The van der Waals surface area contributed by atoms with Crippen LogP contribution < -0.4 is 10.1 Å². The maximum absolute atomic E-state index is 14.1. The number of benzene rings is 4. The molecule has 0 spiro atoms. The summed E-state index contributed by atoms with van der Waals surface area (Å²) in [6.07, 6.45) is 0.813. The molecule has 0 bridgehead atoms. The first-order valence-electron chi connectivity index (χ1n) is 14.3. The maximum atomic E-state index is 14.1. The van der Waals surface area contributed by atoms with Crippen LogP contribution in [0.2, 0.25) is 0 Å². The summed E-state index contributed by atoms with van der Waals surface area (Å²) >= 11 is 1.65. The summed E-state index contributed by atoms with van der Waals surface area (Å²) in [7, 11) is 0. The quantitative estimate of drug-likeness (QED) is 0.0733. The Bertz CT molecular complexity index is 1640. The Morgan fingerprint density at radius 1 is 0.977 bits per heavy atom. The summed E-state index contributed by atoms with van der Waals surface area (Å²) in [5, 5.41) is 15.9. The lowest BCUT2D eigenvalue weighted by atomic mass is 9.89. The van der Waals surface area contributed by atoms with Gasteiger partial charge in [0, 0.05) is 46.3 Å². The van der Waals surface area contributed by atoms with Gasteiger partial charge >= 0.3 is 0 Å². The summed E-state index contributed by atoms with van der Waals surface area (Å²) in [6.45, 7) is 1.03. The largest absolute Gasteiger partial charge is 0.494 e. The van der Waals surface area contributed by atoms with Gasteiger partial charge in [0.25, 0.3) is 5.91 Å². The molecule has 1 aliphatic rings. The predicted molar refractivity (Wildman–Crippen MR) is 171 cm³/mol. The Morgan fingerprint density at radius 3 is 2.43 bits per heavy atom. The van der Waals surface area contributed by atoms with Crippen LogP contribution in [0.3, 0.4) is 0 Å². The van der Waals surface area contributed by atoms with Gasteiger partial charge in [-0.25, -0.2) is 4.99 Å². The number of nitrogens with zero attached hydrogens (tertiary/aromatic N) is 4. The van der Waals surface area contributed by atoms with Crippen LogP contribution in [-0.4, -0.2) is 42.3 Å². The molecule has 0 saturated heterocycles. The highest BCUT2D eigenvalue weighted by atomic mass is 32.2. The molecule has 0 fully saturated rings. The van der Waals surface area contributed by atoms with E-state index >= 15 is 0 Å². The van der Waals surface area contributed by atoms with Crippen molar-refractivity contribution in [3.63, 3.8) is 0 Å². The fraction of sp³-hybridized carbons (Fsp3) is 0.235. The monoisotopic (exact) mass is 607 g/mol. The average Bonchev–Trinajstić information content (AvgIpc) is 3.50. The molecule has 0 aromatic heterocycles. The lowest BCUT2D eigenvalue weighted by molar-refractivity contribution is -0.126. The zero-order valence-corrected chi connectivity index (χ0v) is 25.0. The second-order valence-electron chi connectivity index (χ2n) is 10.2. The van der Waals surface area contributed by atoms with Crippen molar-refractivity contribution in [1.82, 2.24) is 5.32 Å². The van der Waals surface area contributed by atoms with Crippen LogP contribution in [0.15, 0.2) is 123 Å². The first-order valence-corrected chi connectivity index (χ1v) is 15.2. The number of aliphatic imine (C=N–C) groups is 1. The SMILES string of the molecule is [N-]=[N+]=NCc1ccccc1C[C@]1(C(=O)NCc2ccccc2Sc2ccccc2)COC(c2ccc(OCCCO)cc2)=N1. The third-order valence-corrected chi connectivity index (χ3v) is 8.27. The van der Waals surface area contributed by atoms with E-state index in [1.165, 1.54) is 0 Å². The Morgan fingerprint density at radius 2 is 1.68 bits per heavy atom. The van der Waals surface area contributed by atoms with E-state index < -0.39 is 5.54 Å². The molecule has 44 heavy (non-hydrogen) atoms. The molecule has 1 atom stereocenters. The minimum atomic E-state index is -1.24. The topological polar surface area (TPSA) is 129 Å². The Balaban J connectivity index is 1.40. The summed E-state index contributed by atoms with van der Waals surface area (Å²) in [5.74, 6) is 0.785. The summed E-state index contributed by atoms with van der Waals surface area (Å²) in [4.78, 5) is 24.1. The van der Waals surface area contributed by atoms with E-state index in [-0.39, 0.29) is 32.1 Å². The molecule has 224 valence electrons. The van der Waals surface area contributed by atoms with Gasteiger partial charge in [0.05, 0.1) is 13.2 Å². The number of rotatable bonds is 14. The lowest BCUT2D eigenvalue weighted by Gasteiger charge is -2.24. The molecule has 1 amide bonds. The molecule has 5 rings (SSSR count). The smallest absolute Gasteiger partial charge is 0.252 e. The molecule has 4 aromatic rings. The lowest BCUT2D eigenvalue weighted by Crippen LogP contribution is -2.48. The van der Waals surface area contributed by atoms with Crippen LogP contribution in [0.1, 0.15) is 28.7 Å². The van der Waals surface area contributed by atoms with E-state index in [4.69, 9.17) is 25.1 Å². The molecule has 0 aliphatic carbocycles. The first-order chi connectivity index (χ1) is 21.6. The zero-order valence-electron chi connectivity index (χ0n) is 24.1. The van der Waals surface area contributed by atoms with Gasteiger partial charge in [-0.15, -0.1) is 0 Å². The number of carbonyl (C=O) groups is 1. The predicted octanol–water partition coefficient (Wildman–Crippen LogP) is 6.48. The fourth-order valence-electron chi connectivity index (χ4n) is 4.84. The van der Waals surface area contributed by atoms with Crippen molar-refractivity contribution in [2.75, 3.05) is 19.8 Å². The van der Waals surface area contributed by atoms with E-state index in [1.807, 2.05) is 91.0 Å². The fourth-order valence-corrected chi connectivity index (χ4v) is 5.81. The van der Waals surface area contributed by atoms with E-state index in [9.17, 15) is 4.79 Å². The molecule has 9 nitrogen and oxygen atoms in total. The number of hydrogen-bond donors (Lipinski definition) is 2. The summed E-state index contributed by atoms with van der Waals surface area (Å²) < 4.78 is 11.7. The Labute approximate surface area is 260 Å². The Hall–Kier alpha value is -4.76. The van der Waals surface area contributed by atoms with Crippen molar-refractivity contribution in [3.8, 4) is 5.75 Å². The third kappa shape index (κ3) is 7.79. The van der Waals surface area contributed by atoms with Gasteiger partial charge in [-0.1, -0.05) is 77.5 Å². The normalized spacial score (nSPS) is 15.5. The number of aliphatic hydroxyl groups excluding tert-OH is 1. The van der Waals surface area contributed by atoms with Gasteiger partial charge < -0.3 is 19.9 Å². The molecular weight excluding hydrogens is 574 g/mol. The number of ether oxygens (including phenoxy) is 2. The zero-order chi connectivity index (χ0) is 30.6. The van der Waals surface area contributed by atoms with Crippen LogP contribution in [0.25, 0.3) is 10.4 Å². The van der Waals surface area contributed by atoms with E-state index in [1.54, 1.807) is 11.8 Å². The first kappa shape index (κ1) is 30.7. The third-order valence-electron chi connectivity index (χ3n) is 7.15. The molecule has 2 N–H and O–H groups in total. The van der Waals surface area contributed by atoms with Crippen LogP contribution in [0, 0.1) is 0 Å². The molecular formula is C34H33N5O4S. The van der Waals surface area contributed by atoms with Crippen LogP contribution in [0.4, 0.5) is 0 Å². The highest BCUT2D eigenvalue weighted by Crippen LogP contribution is 2.32. The molecule has 0 unspecified atom stereocenters. The van der Waals surface area contributed by atoms with Gasteiger partial charge in [-0.05, 0) is 64.7 Å². The number of azide groups is 1. The molecule has 0 radical (unpaired) electrons. The van der Waals surface area contributed by atoms with Crippen LogP contribution in [0.5, 0.6) is 5.75 Å². The maximum Gasteiger partial charge on any atom is 0.252 e. The number of nitrogens with one attached hydrogen (secondary N) is 1. The number of hydrogen-bond acceptors (Lipinski definition) is 7. The van der Waals surface area contributed by atoms with Gasteiger partial charge in [0.1, 0.15) is 12.4 Å². The second-order valence-corrected chi connectivity index (χ2v) is 11.3. The van der Waals surface area contributed by atoms with Crippen molar-refractivity contribution in [2.24, 2.45) is 10.1 Å². The van der Waals surface area contributed by atoms with Crippen molar-refractivity contribution >= 4 is 23.6 Å². The van der Waals surface area contributed by atoms with Crippen LogP contribution in [-0.2, 0) is 29.0 Å². The highest BCUT2D eigenvalue weighted by molar-refractivity contribution is 7.99. The van der Waals surface area contributed by atoms with Crippen LogP contribution >= 0.6 is 11.8 Å². The van der Waals surface area contributed by atoms with Crippen molar-refractivity contribution in [3.05, 3.63) is 136 Å². The van der Waals surface area contributed by atoms with Gasteiger partial charge in [-0.3, -0.25) is 4.79 Å².